The number of hydrogen-bond donors (Lipinski definition) is 4. The van der Waals surface area contributed by atoms with Gasteiger partial charge in [-0.25, -0.2) is 18.6 Å². The van der Waals surface area contributed by atoms with Gasteiger partial charge in [-0.2, -0.15) is 18.2 Å². The van der Waals surface area contributed by atoms with E-state index in [0.717, 1.165) is 6.07 Å². The van der Waals surface area contributed by atoms with Crippen LogP contribution >= 0.6 is 11.6 Å². The molecule has 2 heterocycles. The van der Waals surface area contributed by atoms with Crippen molar-refractivity contribution in [2.75, 3.05) is 4.72 Å². The Morgan fingerprint density at radius 1 is 1.32 bits per heavy atom. The zero-order valence-corrected chi connectivity index (χ0v) is 15.0. The van der Waals surface area contributed by atoms with Crippen molar-refractivity contribution < 1.29 is 27.0 Å². The summed E-state index contributed by atoms with van der Waals surface area (Å²) in [6, 6.07) is 4.96. The van der Waals surface area contributed by atoms with Crippen LogP contribution in [0.1, 0.15) is 5.56 Å². The predicted octanol–water partition coefficient (Wildman–Crippen LogP) is 3.40. The van der Waals surface area contributed by atoms with Gasteiger partial charge in [0.05, 0.1) is 16.2 Å². The number of aromatic amines is 1. The molecular formula is C14H9ClF4N6O2S. The Labute approximate surface area is 161 Å². The Bertz CT molecular complexity index is 1090. The molecule has 1 unspecified atom stereocenters. The second kappa shape index (κ2) is 7.69. The molecule has 3 rings (SSSR count). The molecule has 14 heteroatoms. The number of hydrogen-bond acceptors (Lipinski definition) is 5. The highest BCUT2D eigenvalue weighted by atomic mass is 35.5. The number of nitrogens with one attached hydrogen (secondary N) is 3. The summed E-state index contributed by atoms with van der Waals surface area (Å²) < 4.78 is 63.4. The van der Waals surface area contributed by atoms with Crippen LogP contribution in [0.15, 0.2) is 35.5 Å². The van der Waals surface area contributed by atoms with Crippen LogP contribution in [-0.4, -0.2) is 35.7 Å². The van der Waals surface area contributed by atoms with Crippen molar-refractivity contribution in [1.82, 2.24) is 20.4 Å². The Morgan fingerprint density at radius 2 is 2.07 bits per heavy atom. The van der Waals surface area contributed by atoms with E-state index in [1.54, 1.807) is 4.72 Å². The minimum atomic E-state index is -4.99. The number of rotatable bonds is 4. The first-order valence-corrected chi connectivity index (χ1v) is 8.76. The maximum absolute atomic E-state index is 13.3. The minimum absolute atomic E-state index is 0.0285. The average Bonchev–Trinajstić information content (AvgIpc) is 3.04. The molecule has 3 aromatic rings. The second-order valence-corrected chi connectivity index (χ2v) is 6.74. The zero-order chi connectivity index (χ0) is 20.5. The van der Waals surface area contributed by atoms with Crippen LogP contribution in [0.5, 0.6) is 0 Å². The summed E-state index contributed by atoms with van der Waals surface area (Å²) in [6.07, 6.45) is 1.27. The quantitative estimate of drug-likeness (QED) is 0.216. The number of alkyl halides is 3. The number of halogens is 5. The van der Waals surface area contributed by atoms with Crippen molar-refractivity contribution in [3.8, 4) is 0 Å². The Kier molecular flexibility index (Phi) is 5.49. The molecule has 0 aliphatic rings. The number of amidine groups is 1. The number of aliphatic imine (C=N–C) groups is 1. The monoisotopic (exact) mass is 436 g/mol. The first kappa shape index (κ1) is 20.0. The fraction of sp³-hybridized carbons (Fsp3) is 0.0714. The number of nitrogens with zero attached hydrogens (tertiary/aromatic N) is 3. The van der Waals surface area contributed by atoms with E-state index in [1.165, 1.54) is 24.4 Å². The fourth-order valence-electron chi connectivity index (χ4n) is 2.13. The van der Waals surface area contributed by atoms with Crippen LogP contribution in [0, 0.1) is 5.82 Å². The van der Waals surface area contributed by atoms with Crippen molar-refractivity contribution >= 4 is 51.2 Å². The Balaban J connectivity index is 2.02. The Hall–Kier alpha value is -2.77. The van der Waals surface area contributed by atoms with Gasteiger partial charge in [0.1, 0.15) is 5.82 Å². The SMILES string of the molecule is O=S(Nc1nc2nccc(C(=Nc3ccc(F)c(Cl)c3)NO)c2[nH]1)C(F)(F)F. The Morgan fingerprint density at radius 3 is 2.71 bits per heavy atom. The van der Waals surface area contributed by atoms with E-state index in [9.17, 15) is 27.0 Å². The second-order valence-electron chi connectivity index (χ2n) is 5.13. The van der Waals surface area contributed by atoms with Crippen molar-refractivity contribution in [3.63, 3.8) is 0 Å². The lowest BCUT2D eigenvalue weighted by atomic mass is 10.2. The lowest BCUT2D eigenvalue weighted by Gasteiger charge is -2.07. The summed E-state index contributed by atoms with van der Waals surface area (Å²) >= 11 is 5.69. The number of anilines is 1. The van der Waals surface area contributed by atoms with Gasteiger partial charge in [0.25, 0.3) is 0 Å². The molecule has 0 radical (unpaired) electrons. The number of hydroxylamine groups is 1. The van der Waals surface area contributed by atoms with Gasteiger partial charge in [-0.1, -0.05) is 11.6 Å². The van der Waals surface area contributed by atoms with Gasteiger partial charge in [-0.05, 0) is 24.3 Å². The van der Waals surface area contributed by atoms with Crippen molar-refractivity contribution in [3.05, 3.63) is 46.9 Å². The van der Waals surface area contributed by atoms with Crippen molar-refractivity contribution in [2.24, 2.45) is 4.99 Å². The molecule has 0 spiro atoms. The summed E-state index contributed by atoms with van der Waals surface area (Å²) in [4.78, 5) is 14.2. The highest BCUT2D eigenvalue weighted by molar-refractivity contribution is 7.87. The van der Waals surface area contributed by atoms with Crippen LogP contribution in [0.4, 0.5) is 29.2 Å². The number of pyridine rings is 1. The molecule has 1 atom stereocenters. The average molecular weight is 437 g/mol. The van der Waals surface area contributed by atoms with E-state index in [0.29, 0.717) is 0 Å². The molecule has 0 saturated heterocycles. The van der Waals surface area contributed by atoms with Gasteiger partial charge in [-0.3, -0.25) is 15.4 Å². The summed E-state index contributed by atoms with van der Waals surface area (Å²) in [5, 5.41) is 9.23. The van der Waals surface area contributed by atoms with Gasteiger partial charge in [0, 0.05) is 11.8 Å². The summed E-state index contributed by atoms with van der Waals surface area (Å²) in [7, 11) is -3.39. The first-order chi connectivity index (χ1) is 13.2. The normalized spacial score (nSPS) is 13.6. The van der Waals surface area contributed by atoms with E-state index in [1.807, 2.05) is 5.48 Å². The molecule has 0 aliphatic heterocycles. The van der Waals surface area contributed by atoms with Gasteiger partial charge in [-0.15, -0.1) is 0 Å². The molecular weight excluding hydrogens is 428 g/mol. The van der Waals surface area contributed by atoms with Crippen molar-refractivity contribution in [1.29, 1.82) is 0 Å². The summed E-state index contributed by atoms with van der Waals surface area (Å²) in [6.45, 7) is 0. The van der Waals surface area contributed by atoms with E-state index in [4.69, 9.17) is 11.6 Å². The smallest absolute Gasteiger partial charge is 0.321 e. The molecule has 0 amide bonds. The number of aromatic nitrogens is 3. The molecule has 8 nitrogen and oxygen atoms in total. The highest BCUT2D eigenvalue weighted by Crippen LogP contribution is 2.25. The maximum atomic E-state index is 13.3. The van der Waals surface area contributed by atoms with Crippen LogP contribution in [0.25, 0.3) is 11.2 Å². The van der Waals surface area contributed by atoms with Crippen LogP contribution in [0.2, 0.25) is 5.02 Å². The van der Waals surface area contributed by atoms with Crippen LogP contribution < -0.4 is 10.2 Å². The van der Waals surface area contributed by atoms with E-state index < -0.39 is 28.3 Å². The molecule has 0 fully saturated rings. The van der Waals surface area contributed by atoms with E-state index in [-0.39, 0.29) is 33.3 Å². The van der Waals surface area contributed by atoms with Crippen LogP contribution in [-0.2, 0) is 11.0 Å². The summed E-state index contributed by atoms with van der Waals surface area (Å²) in [5.41, 5.74) is -2.72. The molecule has 4 N–H and O–H groups in total. The van der Waals surface area contributed by atoms with Gasteiger partial charge >= 0.3 is 5.51 Å². The largest absolute Gasteiger partial charge is 0.490 e. The molecule has 0 bridgehead atoms. The van der Waals surface area contributed by atoms with Gasteiger partial charge < -0.3 is 4.98 Å². The lowest BCUT2D eigenvalue weighted by molar-refractivity contribution is -0.0379. The third-order valence-electron chi connectivity index (χ3n) is 3.30. The van der Waals surface area contributed by atoms with Crippen molar-refractivity contribution in [2.45, 2.75) is 5.51 Å². The molecule has 148 valence electrons. The molecule has 1 aromatic carbocycles. The zero-order valence-electron chi connectivity index (χ0n) is 13.4. The molecule has 28 heavy (non-hydrogen) atoms. The lowest BCUT2D eigenvalue weighted by Crippen LogP contribution is -2.23. The summed E-state index contributed by atoms with van der Waals surface area (Å²) in [5.74, 6) is -1.26. The standard InChI is InChI=1S/C14H9ClF4N6O2S/c15-8-5-6(1-2-9(8)16)21-11(24-26)7-3-4-20-12-10(7)22-13(23-12)25-28(27)14(17,18)19/h1-5,26H,(H,21,24)(H2,20,22,23,25). The third kappa shape index (κ3) is 4.21. The van der Waals surface area contributed by atoms with E-state index in [2.05, 4.69) is 19.9 Å². The topological polar surface area (TPSA) is 115 Å². The molecule has 2 aromatic heterocycles. The third-order valence-corrected chi connectivity index (χ3v) is 4.39. The molecule has 0 saturated carbocycles. The van der Waals surface area contributed by atoms with Gasteiger partial charge in [0.2, 0.25) is 16.9 Å². The minimum Gasteiger partial charge on any atom is -0.321 e. The number of benzene rings is 1. The number of H-pyrrole nitrogens is 1. The van der Waals surface area contributed by atoms with E-state index >= 15 is 0 Å². The maximum Gasteiger partial charge on any atom is 0.490 e. The number of imidazole rings is 1. The number of fused-ring (bicyclic) bond motifs is 1. The predicted molar refractivity (Wildman–Crippen MR) is 94.2 cm³/mol. The highest BCUT2D eigenvalue weighted by Gasteiger charge is 2.38. The fourth-order valence-corrected chi connectivity index (χ4v) is 2.69. The first-order valence-electron chi connectivity index (χ1n) is 7.23. The van der Waals surface area contributed by atoms with Gasteiger partial charge in [0.15, 0.2) is 11.5 Å². The molecule has 0 aliphatic carbocycles. The van der Waals surface area contributed by atoms with Crippen LogP contribution in [0.3, 0.4) is 0 Å².